The molecular weight excluding hydrogens is 300 g/mol. The number of thioether (sulfide) groups is 2. The zero-order valence-electron chi connectivity index (χ0n) is 12.7. The van der Waals surface area contributed by atoms with Crippen LogP contribution in [0.2, 0.25) is 0 Å². The fourth-order valence-corrected chi connectivity index (χ4v) is 4.79. The van der Waals surface area contributed by atoms with Gasteiger partial charge in [-0.3, -0.25) is 4.79 Å². The second-order valence-corrected chi connectivity index (χ2v) is 8.07. The highest BCUT2D eigenvalue weighted by molar-refractivity contribution is 8.07. The van der Waals surface area contributed by atoms with Gasteiger partial charge in [0.15, 0.2) is 0 Å². The summed E-state index contributed by atoms with van der Waals surface area (Å²) in [5.74, 6) is 3.77. The zero-order chi connectivity index (χ0) is 15.2. The van der Waals surface area contributed by atoms with Crippen molar-refractivity contribution in [2.75, 3.05) is 23.8 Å². The lowest BCUT2D eigenvalue weighted by molar-refractivity contribution is -0.120. The molecular formula is C16H24N2OS2. The third-order valence-corrected chi connectivity index (χ3v) is 6.39. The van der Waals surface area contributed by atoms with Crippen molar-refractivity contribution in [3.63, 3.8) is 0 Å². The Bertz CT molecular complexity index is 456. The third kappa shape index (κ3) is 4.94. The predicted molar refractivity (Wildman–Crippen MR) is 94.0 cm³/mol. The fraction of sp³-hybridized carbons (Fsp3) is 0.562. The van der Waals surface area contributed by atoms with Gasteiger partial charge in [0.1, 0.15) is 0 Å². The highest BCUT2D eigenvalue weighted by Gasteiger charge is 2.22. The predicted octanol–water partition coefficient (Wildman–Crippen LogP) is 2.77. The standard InChI is InChI=1S/C16H24N2OS2/c1-11(2)12-3-5-13(6-4-12)14(17)9-18-16(19)15-10-20-7-8-21-15/h3-6,11,14-15H,7-10,17H2,1-2H3,(H,18,19). The summed E-state index contributed by atoms with van der Waals surface area (Å²) in [6.45, 7) is 4.85. The summed E-state index contributed by atoms with van der Waals surface area (Å²) in [5, 5.41) is 3.07. The van der Waals surface area contributed by atoms with Gasteiger partial charge >= 0.3 is 0 Å². The van der Waals surface area contributed by atoms with Gasteiger partial charge in [0.05, 0.1) is 5.25 Å². The summed E-state index contributed by atoms with van der Waals surface area (Å²) in [7, 11) is 0. The van der Waals surface area contributed by atoms with Gasteiger partial charge in [-0.15, -0.1) is 11.8 Å². The van der Waals surface area contributed by atoms with Crippen LogP contribution in [0.4, 0.5) is 0 Å². The highest BCUT2D eigenvalue weighted by Crippen LogP contribution is 2.24. The average molecular weight is 325 g/mol. The van der Waals surface area contributed by atoms with Crippen LogP contribution in [0, 0.1) is 0 Å². The van der Waals surface area contributed by atoms with Crippen LogP contribution in [0.15, 0.2) is 24.3 Å². The molecule has 1 aliphatic rings. The molecule has 1 aromatic carbocycles. The minimum atomic E-state index is -0.142. The molecule has 3 N–H and O–H groups in total. The van der Waals surface area contributed by atoms with Gasteiger partial charge in [0.25, 0.3) is 0 Å². The van der Waals surface area contributed by atoms with Crippen LogP contribution in [0.1, 0.15) is 36.9 Å². The van der Waals surface area contributed by atoms with Gasteiger partial charge in [0, 0.05) is 29.8 Å². The molecule has 2 atom stereocenters. The molecule has 1 amide bonds. The molecule has 0 aliphatic carbocycles. The quantitative estimate of drug-likeness (QED) is 0.874. The maximum atomic E-state index is 12.1. The normalized spacial score (nSPS) is 20.3. The first-order chi connectivity index (χ1) is 10.1. The van der Waals surface area contributed by atoms with Crippen LogP contribution >= 0.6 is 23.5 Å². The molecule has 2 rings (SSSR count). The van der Waals surface area contributed by atoms with E-state index in [9.17, 15) is 4.79 Å². The van der Waals surface area contributed by atoms with Gasteiger partial charge in [-0.25, -0.2) is 0 Å². The van der Waals surface area contributed by atoms with E-state index >= 15 is 0 Å². The molecule has 0 bridgehead atoms. The number of carbonyl (C=O) groups is 1. The van der Waals surface area contributed by atoms with Crippen LogP contribution in [-0.4, -0.2) is 35.0 Å². The van der Waals surface area contributed by atoms with Gasteiger partial charge in [0.2, 0.25) is 5.91 Å². The number of benzene rings is 1. The zero-order valence-corrected chi connectivity index (χ0v) is 14.3. The van der Waals surface area contributed by atoms with Crippen molar-refractivity contribution >= 4 is 29.4 Å². The topological polar surface area (TPSA) is 55.1 Å². The van der Waals surface area contributed by atoms with Gasteiger partial charge in [-0.05, 0) is 17.0 Å². The summed E-state index contributed by atoms with van der Waals surface area (Å²) >= 11 is 3.60. The molecule has 1 fully saturated rings. The van der Waals surface area contributed by atoms with Crippen molar-refractivity contribution in [2.24, 2.45) is 5.73 Å². The van der Waals surface area contributed by atoms with E-state index in [1.807, 2.05) is 11.8 Å². The SMILES string of the molecule is CC(C)c1ccc(C(N)CNC(=O)C2CSCCS2)cc1. The number of nitrogens with two attached hydrogens (primary N) is 1. The average Bonchev–Trinajstić information content (AvgIpc) is 2.53. The maximum Gasteiger partial charge on any atom is 0.234 e. The Hall–Kier alpha value is -0.650. The molecule has 1 saturated heterocycles. The lowest BCUT2D eigenvalue weighted by atomic mass is 9.99. The van der Waals surface area contributed by atoms with Crippen molar-refractivity contribution in [1.29, 1.82) is 0 Å². The largest absolute Gasteiger partial charge is 0.353 e. The van der Waals surface area contributed by atoms with Crippen molar-refractivity contribution in [3.8, 4) is 0 Å². The maximum absolute atomic E-state index is 12.1. The molecule has 0 saturated carbocycles. The van der Waals surface area contributed by atoms with E-state index in [4.69, 9.17) is 5.73 Å². The Kier molecular flexibility index (Phi) is 6.45. The molecule has 1 aromatic rings. The number of nitrogens with one attached hydrogen (secondary N) is 1. The van der Waals surface area contributed by atoms with E-state index in [1.165, 1.54) is 5.56 Å². The van der Waals surface area contributed by atoms with Crippen LogP contribution in [0.25, 0.3) is 0 Å². The van der Waals surface area contributed by atoms with E-state index in [-0.39, 0.29) is 17.2 Å². The van der Waals surface area contributed by atoms with E-state index in [1.54, 1.807) is 11.8 Å². The van der Waals surface area contributed by atoms with Crippen molar-refractivity contribution in [2.45, 2.75) is 31.1 Å². The minimum absolute atomic E-state index is 0.0827. The first kappa shape index (κ1) is 16.7. The van der Waals surface area contributed by atoms with E-state index in [0.717, 1.165) is 22.8 Å². The monoisotopic (exact) mass is 324 g/mol. The Morgan fingerprint density at radius 2 is 1.95 bits per heavy atom. The number of hydrogen-bond donors (Lipinski definition) is 2. The Morgan fingerprint density at radius 3 is 2.52 bits per heavy atom. The molecule has 1 aliphatic heterocycles. The molecule has 0 aromatic heterocycles. The fourth-order valence-electron chi connectivity index (χ4n) is 2.21. The van der Waals surface area contributed by atoms with Crippen LogP contribution < -0.4 is 11.1 Å². The van der Waals surface area contributed by atoms with Gasteiger partial charge in [-0.2, -0.15) is 11.8 Å². The lowest BCUT2D eigenvalue weighted by Crippen LogP contribution is -2.39. The van der Waals surface area contributed by atoms with E-state index < -0.39 is 0 Å². The van der Waals surface area contributed by atoms with E-state index in [0.29, 0.717) is 12.5 Å². The summed E-state index contributed by atoms with van der Waals surface area (Å²) in [6, 6.07) is 8.23. The second-order valence-electron chi connectivity index (χ2n) is 5.61. The Morgan fingerprint density at radius 1 is 1.29 bits per heavy atom. The lowest BCUT2D eigenvalue weighted by Gasteiger charge is -2.21. The summed E-state index contributed by atoms with van der Waals surface area (Å²) in [4.78, 5) is 12.1. The summed E-state index contributed by atoms with van der Waals surface area (Å²) < 4.78 is 0. The number of rotatable bonds is 5. The number of hydrogen-bond acceptors (Lipinski definition) is 4. The van der Waals surface area contributed by atoms with Crippen LogP contribution in [-0.2, 0) is 4.79 Å². The molecule has 1 heterocycles. The molecule has 3 nitrogen and oxygen atoms in total. The van der Waals surface area contributed by atoms with Crippen LogP contribution in [0.5, 0.6) is 0 Å². The first-order valence-electron chi connectivity index (χ1n) is 7.40. The number of amides is 1. The molecule has 0 spiro atoms. The highest BCUT2D eigenvalue weighted by atomic mass is 32.2. The first-order valence-corrected chi connectivity index (χ1v) is 9.60. The molecule has 0 radical (unpaired) electrons. The molecule has 21 heavy (non-hydrogen) atoms. The molecule has 116 valence electrons. The van der Waals surface area contributed by atoms with Crippen molar-refractivity contribution in [1.82, 2.24) is 5.32 Å². The van der Waals surface area contributed by atoms with Gasteiger partial charge in [-0.1, -0.05) is 38.1 Å². The smallest absolute Gasteiger partial charge is 0.234 e. The Labute approximate surface area is 135 Å². The second kappa shape index (κ2) is 8.11. The Balaban J connectivity index is 1.83. The van der Waals surface area contributed by atoms with E-state index in [2.05, 4.69) is 43.4 Å². The summed E-state index contributed by atoms with van der Waals surface area (Å²) in [5.41, 5.74) is 8.56. The van der Waals surface area contributed by atoms with Crippen molar-refractivity contribution in [3.05, 3.63) is 35.4 Å². The molecule has 5 heteroatoms. The van der Waals surface area contributed by atoms with Crippen LogP contribution in [0.3, 0.4) is 0 Å². The van der Waals surface area contributed by atoms with Gasteiger partial charge < -0.3 is 11.1 Å². The third-order valence-electron chi connectivity index (χ3n) is 3.64. The number of carbonyl (C=O) groups excluding carboxylic acids is 1. The minimum Gasteiger partial charge on any atom is -0.353 e. The molecule has 2 unspecified atom stereocenters. The summed E-state index contributed by atoms with van der Waals surface area (Å²) in [6.07, 6.45) is 0. The van der Waals surface area contributed by atoms with Crippen molar-refractivity contribution < 1.29 is 4.79 Å².